The summed E-state index contributed by atoms with van der Waals surface area (Å²) in [6, 6.07) is 7.67. The van der Waals surface area contributed by atoms with Crippen LogP contribution in [0.5, 0.6) is 0 Å². The molecule has 0 atom stereocenters. The number of benzene rings is 1. The van der Waals surface area contributed by atoms with Gasteiger partial charge in [-0.3, -0.25) is 0 Å². The SMILES string of the molecule is CC1=CC(c2ccccc2N=[N+]=[N-])C=C(C)N1. The molecule has 17 heavy (non-hydrogen) atoms. The molecular weight excluding hydrogens is 212 g/mol. The monoisotopic (exact) mass is 226 g/mol. The molecule has 0 amide bonds. The van der Waals surface area contributed by atoms with Crippen molar-refractivity contribution in [3.63, 3.8) is 0 Å². The Labute approximate surface area is 100 Å². The van der Waals surface area contributed by atoms with Gasteiger partial charge in [0, 0.05) is 27.9 Å². The van der Waals surface area contributed by atoms with Crippen molar-refractivity contribution in [2.45, 2.75) is 19.8 Å². The van der Waals surface area contributed by atoms with E-state index in [1.165, 1.54) is 0 Å². The van der Waals surface area contributed by atoms with Gasteiger partial charge >= 0.3 is 0 Å². The molecule has 1 heterocycles. The second-order valence-corrected chi connectivity index (χ2v) is 4.10. The average Bonchev–Trinajstić information content (AvgIpc) is 2.29. The van der Waals surface area contributed by atoms with E-state index >= 15 is 0 Å². The number of nitrogens with one attached hydrogen (secondary N) is 1. The normalized spacial score (nSPS) is 15.4. The fourth-order valence-corrected chi connectivity index (χ4v) is 2.07. The number of hydrogen-bond donors (Lipinski definition) is 1. The summed E-state index contributed by atoms with van der Waals surface area (Å²) in [5, 5.41) is 6.98. The summed E-state index contributed by atoms with van der Waals surface area (Å²) in [6.07, 6.45) is 4.25. The highest BCUT2D eigenvalue weighted by Crippen LogP contribution is 2.31. The van der Waals surface area contributed by atoms with Crippen molar-refractivity contribution in [1.29, 1.82) is 0 Å². The molecule has 0 aliphatic carbocycles. The van der Waals surface area contributed by atoms with E-state index in [0.717, 1.165) is 17.0 Å². The summed E-state index contributed by atoms with van der Waals surface area (Å²) in [4.78, 5) is 2.87. The van der Waals surface area contributed by atoms with E-state index in [1.54, 1.807) is 0 Å². The van der Waals surface area contributed by atoms with Crippen molar-refractivity contribution in [1.82, 2.24) is 5.32 Å². The third kappa shape index (κ3) is 2.49. The minimum absolute atomic E-state index is 0.165. The highest BCUT2D eigenvalue weighted by molar-refractivity contribution is 5.51. The third-order valence-electron chi connectivity index (χ3n) is 2.70. The van der Waals surface area contributed by atoms with Gasteiger partial charge in [-0.25, -0.2) is 0 Å². The Morgan fingerprint density at radius 2 is 1.82 bits per heavy atom. The summed E-state index contributed by atoms with van der Waals surface area (Å²) in [7, 11) is 0. The number of dihydropyridines is 1. The number of hydrogen-bond acceptors (Lipinski definition) is 2. The maximum atomic E-state index is 8.56. The van der Waals surface area contributed by atoms with Crippen molar-refractivity contribution in [3.8, 4) is 0 Å². The molecule has 1 aromatic carbocycles. The third-order valence-corrected chi connectivity index (χ3v) is 2.70. The van der Waals surface area contributed by atoms with Crippen molar-refractivity contribution < 1.29 is 0 Å². The average molecular weight is 226 g/mol. The number of allylic oxidation sites excluding steroid dienone is 4. The Morgan fingerprint density at radius 1 is 1.18 bits per heavy atom. The van der Waals surface area contributed by atoms with Crippen molar-refractivity contribution >= 4 is 5.69 Å². The van der Waals surface area contributed by atoms with Gasteiger partial charge < -0.3 is 5.32 Å². The Kier molecular flexibility index (Phi) is 3.17. The molecule has 2 rings (SSSR count). The zero-order valence-corrected chi connectivity index (χ0v) is 9.88. The molecule has 1 aliphatic heterocycles. The van der Waals surface area contributed by atoms with Gasteiger partial charge in [0.25, 0.3) is 0 Å². The molecule has 1 N–H and O–H groups in total. The predicted molar refractivity (Wildman–Crippen MR) is 68.6 cm³/mol. The van der Waals surface area contributed by atoms with Crippen molar-refractivity contribution in [2.24, 2.45) is 5.11 Å². The van der Waals surface area contributed by atoms with E-state index in [2.05, 4.69) is 27.5 Å². The summed E-state index contributed by atoms with van der Waals surface area (Å²) < 4.78 is 0. The Morgan fingerprint density at radius 3 is 2.47 bits per heavy atom. The highest BCUT2D eigenvalue weighted by Gasteiger charge is 2.13. The topological polar surface area (TPSA) is 60.8 Å². The van der Waals surface area contributed by atoms with Gasteiger partial charge in [-0.15, -0.1) is 0 Å². The Hall–Kier alpha value is -2.19. The number of nitrogens with zero attached hydrogens (tertiary/aromatic N) is 3. The first-order valence-corrected chi connectivity index (χ1v) is 5.48. The highest BCUT2D eigenvalue weighted by atomic mass is 15.1. The first-order valence-electron chi connectivity index (χ1n) is 5.48. The Balaban J connectivity index is 2.46. The van der Waals surface area contributed by atoms with Gasteiger partial charge in [0.1, 0.15) is 0 Å². The van der Waals surface area contributed by atoms with Gasteiger partial charge in [-0.2, -0.15) is 0 Å². The van der Waals surface area contributed by atoms with Crippen LogP contribution < -0.4 is 5.32 Å². The van der Waals surface area contributed by atoms with Crippen LogP contribution in [0.3, 0.4) is 0 Å². The molecule has 0 spiro atoms. The van der Waals surface area contributed by atoms with Gasteiger partial charge in [0.05, 0.1) is 0 Å². The first kappa shape index (κ1) is 11.3. The maximum Gasteiger partial charge on any atom is 0.0416 e. The second-order valence-electron chi connectivity index (χ2n) is 4.10. The van der Waals surface area contributed by atoms with E-state index in [4.69, 9.17) is 5.53 Å². The van der Waals surface area contributed by atoms with E-state index in [0.29, 0.717) is 5.69 Å². The largest absolute Gasteiger partial charge is 0.363 e. The predicted octanol–water partition coefficient (Wildman–Crippen LogP) is 4.12. The van der Waals surface area contributed by atoms with Gasteiger partial charge in [-0.05, 0) is 24.9 Å². The molecule has 0 bridgehead atoms. The molecule has 0 aromatic heterocycles. The van der Waals surface area contributed by atoms with Crippen LogP contribution in [0.2, 0.25) is 0 Å². The van der Waals surface area contributed by atoms with E-state index in [-0.39, 0.29) is 5.92 Å². The molecule has 0 saturated carbocycles. The molecule has 86 valence electrons. The molecule has 1 aromatic rings. The molecule has 0 radical (unpaired) electrons. The van der Waals surface area contributed by atoms with Crippen LogP contribution in [0, 0.1) is 0 Å². The lowest BCUT2D eigenvalue weighted by molar-refractivity contribution is 0.870. The minimum atomic E-state index is 0.165. The van der Waals surface area contributed by atoms with Crippen LogP contribution in [-0.4, -0.2) is 0 Å². The molecule has 4 heteroatoms. The molecular formula is C13H14N4. The van der Waals surface area contributed by atoms with Crippen LogP contribution >= 0.6 is 0 Å². The fourth-order valence-electron chi connectivity index (χ4n) is 2.07. The lowest BCUT2D eigenvalue weighted by atomic mass is 9.93. The van der Waals surface area contributed by atoms with Crippen LogP contribution in [0.4, 0.5) is 5.69 Å². The van der Waals surface area contributed by atoms with Gasteiger partial charge in [-0.1, -0.05) is 41.5 Å². The second kappa shape index (κ2) is 4.76. The lowest BCUT2D eigenvalue weighted by Gasteiger charge is -2.20. The zero-order valence-electron chi connectivity index (χ0n) is 9.88. The van der Waals surface area contributed by atoms with E-state index in [9.17, 15) is 0 Å². The molecule has 4 nitrogen and oxygen atoms in total. The lowest BCUT2D eigenvalue weighted by Crippen LogP contribution is -2.14. The van der Waals surface area contributed by atoms with Gasteiger partial charge in [0.2, 0.25) is 0 Å². The van der Waals surface area contributed by atoms with Crippen LogP contribution in [0.15, 0.2) is 52.9 Å². The van der Waals surface area contributed by atoms with E-state index < -0.39 is 0 Å². The summed E-state index contributed by atoms with van der Waals surface area (Å²) in [5.41, 5.74) is 12.5. The summed E-state index contributed by atoms with van der Waals surface area (Å²) >= 11 is 0. The van der Waals surface area contributed by atoms with Crippen LogP contribution in [0.1, 0.15) is 25.3 Å². The quantitative estimate of drug-likeness (QED) is 0.460. The van der Waals surface area contributed by atoms with E-state index in [1.807, 2.05) is 38.1 Å². The van der Waals surface area contributed by atoms with Crippen LogP contribution in [-0.2, 0) is 0 Å². The Bertz CT molecular complexity index is 518. The summed E-state index contributed by atoms with van der Waals surface area (Å²) in [5.74, 6) is 0.165. The molecule has 1 aliphatic rings. The number of rotatable bonds is 2. The smallest absolute Gasteiger partial charge is 0.0416 e. The fraction of sp³-hybridized carbons (Fsp3) is 0.231. The van der Waals surface area contributed by atoms with Gasteiger partial charge in [0.15, 0.2) is 0 Å². The molecule has 0 fully saturated rings. The molecule has 0 saturated heterocycles. The number of azide groups is 1. The van der Waals surface area contributed by atoms with Crippen molar-refractivity contribution in [3.05, 3.63) is 63.8 Å². The summed E-state index contributed by atoms with van der Waals surface area (Å²) in [6.45, 7) is 4.05. The molecule has 0 unspecified atom stereocenters. The standard InChI is InChI=1S/C13H14N4/c1-9-7-11(8-10(2)15-9)12-5-3-4-6-13(12)16-17-14/h3-8,11,15H,1-2H3. The maximum absolute atomic E-state index is 8.56. The van der Waals surface area contributed by atoms with Crippen LogP contribution in [0.25, 0.3) is 10.4 Å². The zero-order chi connectivity index (χ0) is 12.3. The van der Waals surface area contributed by atoms with Crippen molar-refractivity contribution in [2.75, 3.05) is 0 Å². The minimum Gasteiger partial charge on any atom is -0.363 e. The first-order chi connectivity index (χ1) is 8.20.